The van der Waals surface area contributed by atoms with Gasteiger partial charge in [-0.05, 0) is 163 Å². The largest absolute Gasteiger partial charge is 0.481 e. The molecule has 0 unspecified atom stereocenters. The first-order valence-corrected chi connectivity index (χ1v) is 41.9. The van der Waals surface area contributed by atoms with Crippen LogP contribution in [0, 0.1) is 46.8 Å². The number of ketones is 4. The van der Waals surface area contributed by atoms with Crippen molar-refractivity contribution in [3.8, 4) is 0 Å². The number of piperidine rings is 1. The van der Waals surface area contributed by atoms with E-state index in [0.717, 1.165) is 24.8 Å². The maximum atomic E-state index is 14.6. The van der Waals surface area contributed by atoms with Crippen molar-refractivity contribution in [2.75, 3.05) is 41.6 Å². The van der Waals surface area contributed by atoms with Crippen molar-refractivity contribution in [2.24, 2.45) is 46.8 Å². The predicted molar refractivity (Wildman–Crippen MR) is 403 cm³/mol. The number of carbonyl (C=O) groups excluding carboxylic acids is 9. The first kappa shape index (κ1) is 87.9. The molecule has 25 nitrogen and oxygen atoms in total. The normalized spacial score (nSPS) is 36.7. The highest BCUT2D eigenvalue weighted by molar-refractivity contribution is 6.74. The Morgan fingerprint density at radius 3 is 2.16 bits per heavy atom. The number of cyclic esters (lactones) is 2. The quantitative estimate of drug-likeness (QED) is 0.0389. The Morgan fingerprint density at radius 2 is 1.51 bits per heavy atom. The lowest BCUT2D eigenvalue weighted by atomic mass is 9.54. The molecule has 0 spiro atoms. The van der Waals surface area contributed by atoms with E-state index in [1.807, 2.05) is 71.9 Å². The number of amides is 1. The number of carboxylic acids is 1. The zero-order valence-electron chi connectivity index (χ0n) is 67.5. The fourth-order valence-electron chi connectivity index (χ4n) is 17.8. The van der Waals surface area contributed by atoms with Crippen LogP contribution in [-0.2, 0) is 90.8 Å². The van der Waals surface area contributed by atoms with Crippen molar-refractivity contribution in [3.63, 3.8) is 0 Å². The topological polar surface area (TPSA) is 340 Å². The van der Waals surface area contributed by atoms with Crippen molar-refractivity contribution < 1.29 is 115 Å². The predicted octanol–water partition coefficient (Wildman–Crippen LogP) is 11.6. The number of fused-ring (bicyclic) bond motifs is 6. The Kier molecular flexibility index (Phi) is 29.4. The average Bonchev–Trinajstić information content (AvgIpc) is 1.43. The fraction of sp³-hybridized carbons (Fsp3) is 0.711. The van der Waals surface area contributed by atoms with E-state index in [9.17, 15) is 58.2 Å². The lowest BCUT2D eigenvalue weighted by Gasteiger charge is -2.52. The second kappa shape index (κ2) is 36.5. The van der Waals surface area contributed by atoms with Crippen LogP contribution < -0.4 is 0 Å². The van der Waals surface area contributed by atoms with Gasteiger partial charge in [-0.15, -0.1) is 0 Å². The van der Waals surface area contributed by atoms with Crippen LogP contribution in [0.5, 0.6) is 0 Å². The highest BCUT2D eigenvalue weighted by atomic mass is 28.4. The number of rotatable bonds is 14. The molecule has 4 fully saturated rings. The number of aliphatic carboxylic acids is 1. The summed E-state index contributed by atoms with van der Waals surface area (Å²) in [5.74, 6) is -11.9. The standard InChI is InChI=1S/C57H93NO13Si.C26H28O11/c1-35-21-17-16-18-22-36(2)47(66-11)33-43-26-24-41(7)57(65,70-43)53(62)54(63)58-28-20-19-23-44(58)55(64)69-48(34-45(59)37(3)30-40(6)51(61)52(68-13)50(60)39(5)29-35)38(4)31-42-25-27-46(49(32-42)67-12)71-72(14,15)56(8,9)10;1-11(27)35-14-8-25(2)13(5-6-15(25)36-18(30)7-17(28)29)19-21(14)26(3)16(10-33-4)37-24(32)12-9-34-23(20(12)26)22(19)31/h16-18,21-22,30,35,37-39,41-44,46-49,51-52,61,65H,19-20,23-29,31-34H2,1-15H3;9,13-16H,5-8,10H2,1-4H3,(H,28,29)/b18-16+,21-17+,36-22+,40-30+;/t35-,37-,38-,39-,41-,42+,43+,44+,46-,47+,48+,49-,51-,52+,57-;13-,14+,15-,16+,25-,26-/m10/s1. The van der Waals surface area contributed by atoms with Crippen LogP contribution in [0.1, 0.15) is 219 Å². The van der Waals surface area contributed by atoms with Gasteiger partial charge >= 0.3 is 29.8 Å². The molecule has 3 N–H and O–H groups in total. The zero-order valence-corrected chi connectivity index (χ0v) is 68.5. The second-order valence-corrected chi connectivity index (χ2v) is 38.7. The molecule has 1 aromatic heterocycles. The Labute approximate surface area is 643 Å². The van der Waals surface area contributed by atoms with Gasteiger partial charge in [0.2, 0.25) is 11.6 Å². The summed E-state index contributed by atoms with van der Waals surface area (Å²) in [5, 5.41) is 32.6. The summed E-state index contributed by atoms with van der Waals surface area (Å²) in [6.07, 6.45) is 11.8. The number of nitrogens with zero attached hydrogens (tertiary/aromatic N) is 1. The van der Waals surface area contributed by atoms with Gasteiger partial charge in [0.25, 0.3) is 11.7 Å². The number of carbonyl (C=O) groups is 10. The molecular formula is C83H121NO24Si. The minimum Gasteiger partial charge on any atom is -0.481 e. The SMILES string of the molecule is COC[C@H]1OC(=O)c2coc3c2[C@@]1(C)C1=C(C3=O)[C@@H]2CC[C@H](OC(=O)CC(=O)O)[C@@]2(C)C[C@H]1OC(C)=O.CO[C@H]1C[C@@H]2CC[C@@H](C)[C@@](O)(O2)C(=O)C(=O)N2CCCC[C@H]2C(=O)O[C@H]([C@H](C)C[C@@H]2CC[C@@H](O[Si](C)(C)C(C)(C)C)[C@H](OC)C2)CC(=O)[C@H](C)/C=C(\C)[C@@H](O)[C@@H](OC)C(=O)[C@H](C)C[C@H](C)/C=C/C=C/C=C/1C. The van der Waals surface area contributed by atoms with Crippen molar-refractivity contribution >= 4 is 67.2 Å². The summed E-state index contributed by atoms with van der Waals surface area (Å²) < 4.78 is 65.2. The number of ether oxygens (including phenoxy) is 9. The number of Topliss-reactive ketones (excluding diaryl/α,β-unsaturated/α-hetero) is 4. The van der Waals surface area contributed by atoms with E-state index in [1.54, 1.807) is 41.1 Å². The lowest BCUT2D eigenvalue weighted by molar-refractivity contribution is -0.265. The number of furan rings is 1. The van der Waals surface area contributed by atoms with Gasteiger partial charge in [-0.25, -0.2) is 9.59 Å². The molecule has 0 aromatic carbocycles. The molecule has 9 rings (SSSR count). The smallest absolute Gasteiger partial charge is 0.342 e. The van der Waals surface area contributed by atoms with Gasteiger partial charge in [0.05, 0.1) is 36.4 Å². The van der Waals surface area contributed by atoms with E-state index in [1.165, 1.54) is 32.3 Å². The number of carboxylic acid groups (broad SMARTS) is 1. The van der Waals surface area contributed by atoms with Gasteiger partial charge < -0.3 is 71.7 Å². The molecule has 21 atom stereocenters. The zero-order chi connectivity index (χ0) is 80.7. The molecule has 0 radical (unpaired) electrons. The number of hydrogen-bond donors (Lipinski definition) is 3. The molecule has 5 heterocycles. The van der Waals surface area contributed by atoms with Crippen LogP contribution in [0.4, 0.5) is 0 Å². The van der Waals surface area contributed by atoms with Crippen molar-refractivity contribution in [1.82, 2.24) is 4.90 Å². The van der Waals surface area contributed by atoms with Crippen molar-refractivity contribution in [3.05, 3.63) is 81.9 Å². The van der Waals surface area contributed by atoms with Crippen LogP contribution in [0.2, 0.25) is 18.1 Å². The maximum absolute atomic E-state index is 14.6. The number of aliphatic hydroxyl groups excluding tert-OH is 1. The minimum atomic E-state index is -2.43. The van der Waals surface area contributed by atoms with E-state index in [-0.39, 0.29) is 90.3 Å². The molecule has 4 aliphatic carbocycles. The van der Waals surface area contributed by atoms with Crippen LogP contribution in [-0.4, -0.2) is 202 Å². The molecule has 4 aliphatic heterocycles. The molecule has 2 bridgehead atoms. The van der Waals surface area contributed by atoms with E-state index in [4.69, 9.17) is 56.6 Å². The minimum absolute atomic E-state index is 0.0209. The fourth-order valence-corrected chi connectivity index (χ4v) is 19.1. The van der Waals surface area contributed by atoms with Crippen LogP contribution in [0.3, 0.4) is 0 Å². The van der Waals surface area contributed by atoms with Gasteiger partial charge in [-0.3, -0.25) is 38.4 Å². The van der Waals surface area contributed by atoms with Crippen molar-refractivity contribution in [2.45, 2.75) is 289 Å². The molecule has 109 heavy (non-hydrogen) atoms. The van der Waals surface area contributed by atoms with Gasteiger partial charge in [0.15, 0.2) is 19.9 Å². The monoisotopic (exact) mass is 1540 g/mol. The van der Waals surface area contributed by atoms with Crippen molar-refractivity contribution in [1.29, 1.82) is 0 Å². The summed E-state index contributed by atoms with van der Waals surface area (Å²) in [6, 6.07) is -1.13. The number of hydrogen-bond acceptors (Lipinski definition) is 23. The first-order valence-electron chi connectivity index (χ1n) is 39.0. The Morgan fingerprint density at radius 1 is 0.807 bits per heavy atom. The number of methoxy groups -OCH3 is 4. The summed E-state index contributed by atoms with van der Waals surface area (Å²) in [5.41, 5.74) is 0.863. The number of esters is 4. The average molecular weight is 1540 g/mol. The summed E-state index contributed by atoms with van der Waals surface area (Å²) in [7, 11) is 4.08. The van der Waals surface area contributed by atoms with E-state index in [2.05, 4.69) is 33.9 Å². The Balaban J connectivity index is 0.000000335. The second-order valence-electron chi connectivity index (χ2n) is 34.0. The van der Waals surface area contributed by atoms with E-state index >= 15 is 0 Å². The van der Waals surface area contributed by atoms with Gasteiger partial charge in [0.1, 0.15) is 66.7 Å². The highest BCUT2D eigenvalue weighted by Crippen LogP contribution is 2.63. The van der Waals surface area contributed by atoms with Gasteiger partial charge in [0, 0.05) is 89.1 Å². The van der Waals surface area contributed by atoms with Crippen LogP contribution >= 0.6 is 0 Å². The summed E-state index contributed by atoms with van der Waals surface area (Å²) >= 11 is 0. The summed E-state index contributed by atoms with van der Waals surface area (Å²) in [4.78, 5) is 135. The Bertz CT molecular complexity index is 3690. The van der Waals surface area contributed by atoms with Gasteiger partial charge in [-0.1, -0.05) is 98.8 Å². The van der Waals surface area contributed by atoms with E-state index in [0.29, 0.717) is 80.1 Å². The summed E-state index contributed by atoms with van der Waals surface area (Å²) in [6.45, 7) is 29.1. The third-order valence-corrected chi connectivity index (χ3v) is 29.7. The molecule has 1 amide bonds. The molecule has 1 aromatic rings. The third kappa shape index (κ3) is 19.4. The van der Waals surface area contributed by atoms with Crippen LogP contribution in [0.15, 0.2) is 69.4 Å². The number of aliphatic hydroxyl groups is 2. The lowest BCUT2D eigenvalue weighted by Crippen LogP contribution is -2.61. The highest BCUT2D eigenvalue weighted by Gasteiger charge is 2.65. The van der Waals surface area contributed by atoms with E-state index < -0.39 is 157 Å². The third-order valence-electron chi connectivity index (χ3n) is 25.2. The maximum Gasteiger partial charge on any atom is 0.342 e. The molecule has 2 saturated carbocycles. The Hall–Kier alpha value is -6.62. The molecule has 606 valence electrons. The first-order chi connectivity index (χ1) is 51.1. The van der Waals surface area contributed by atoms with Crippen LogP contribution in [0.25, 0.3) is 0 Å². The molecule has 2 saturated heterocycles. The molecule has 26 heteroatoms. The number of allylic oxidation sites excluding steroid dienone is 7. The molecule has 8 aliphatic rings. The molecular weight excluding hydrogens is 1420 g/mol. The van der Waals surface area contributed by atoms with Gasteiger partial charge in [-0.2, -0.15) is 0 Å².